The van der Waals surface area contributed by atoms with Gasteiger partial charge < -0.3 is 4.98 Å². The molecule has 6 heteroatoms. The van der Waals surface area contributed by atoms with Crippen LogP contribution in [0.25, 0.3) is 16.7 Å². The zero-order chi connectivity index (χ0) is 27.0. The highest BCUT2D eigenvalue weighted by molar-refractivity contribution is 5.79. The van der Waals surface area contributed by atoms with Gasteiger partial charge in [-0.15, -0.1) is 0 Å². The van der Waals surface area contributed by atoms with E-state index < -0.39 is 5.69 Å². The SMILES string of the molecule is [2H]c1c([2H])c([2H])c2c([nH]c(=O)n2C2=CCN(CCCC(c3ccc(F)cc3)c3ccc(F)cc3)CC2)c1[2H]. The zero-order valence-corrected chi connectivity index (χ0v) is 18.6. The number of aromatic amines is 1. The van der Waals surface area contributed by atoms with Gasteiger partial charge in [0.25, 0.3) is 0 Å². The van der Waals surface area contributed by atoms with Crippen LogP contribution >= 0.6 is 0 Å². The number of halogens is 2. The molecule has 3 aromatic carbocycles. The van der Waals surface area contributed by atoms with Crippen molar-refractivity contribution < 1.29 is 14.3 Å². The summed E-state index contributed by atoms with van der Waals surface area (Å²) in [6, 6.07) is 11.6. The van der Waals surface area contributed by atoms with Crippen molar-refractivity contribution in [3.63, 3.8) is 0 Å². The first kappa shape index (κ1) is 17.9. The summed E-state index contributed by atoms with van der Waals surface area (Å²) >= 11 is 0. The van der Waals surface area contributed by atoms with E-state index in [4.69, 9.17) is 5.48 Å². The average molecular weight is 464 g/mol. The summed E-state index contributed by atoms with van der Waals surface area (Å²) in [5, 5.41) is 0. The molecule has 174 valence electrons. The number of imidazole rings is 1. The fourth-order valence-electron chi connectivity index (χ4n) is 4.64. The minimum atomic E-state index is -0.479. The number of hydrogen-bond acceptors (Lipinski definition) is 2. The normalized spacial score (nSPS) is 16.3. The molecule has 34 heavy (non-hydrogen) atoms. The number of fused-ring (bicyclic) bond motifs is 1. The number of nitrogens with zero attached hydrogens (tertiary/aromatic N) is 2. The molecule has 0 aliphatic carbocycles. The van der Waals surface area contributed by atoms with Crippen LogP contribution in [0.5, 0.6) is 0 Å². The summed E-state index contributed by atoms with van der Waals surface area (Å²) in [6.07, 6.45) is 4.12. The molecule has 0 bridgehead atoms. The monoisotopic (exact) mass is 463 g/mol. The van der Waals surface area contributed by atoms with Gasteiger partial charge in [0.05, 0.1) is 16.5 Å². The molecule has 0 spiro atoms. The van der Waals surface area contributed by atoms with Crippen LogP contribution in [0.15, 0.2) is 83.6 Å². The van der Waals surface area contributed by atoms with Gasteiger partial charge in [0.1, 0.15) is 11.6 Å². The van der Waals surface area contributed by atoms with Gasteiger partial charge in [0, 0.05) is 31.1 Å². The van der Waals surface area contributed by atoms with Crippen molar-refractivity contribution in [2.45, 2.75) is 25.2 Å². The fourth-order valence-corrected chi connectivity index (χ4v) is 4.64. The predicted molar refractivity (Wildman–Crippen MR) is 132 cm³/mol. The van der Waals surface area contributed by atoms with Crippen molar-refractivity contribution in [3.05, 3.63) is 112 Å². The minimum Gasteiger partial charge on any atom is -0.305 e. The highest BCUT2D eigenvalue weighted by atomic mass is 19.1. The first-order chi connectivity index (χ1) is 18.2. The van der Waals surface area contributed by atoms with Crippen molar-refractivity contribution in [1.82, 2.24) is 14.5 Å². The third kappa shape index (κ3) is 4.73. The van der Waals surface area contributed by atoms with Crippen LogP contribution in [-0.2, 0) is 0 Å². The van der Waals surface area contributed by atoms with Gasteiger partial charge in [-0.3, -0.25) is 9.47 Å². The topological polar surface area (TPSA) is 41.0 Å². The number of nitrogens with one attached hydrogen (secondary N) is 1. The Labute approximate surface area is 202 Å². The number of hydrogen-bond donors (Lipinski definition) is 1. The number of rotatable bonds is 7. The Bertz CT molecular complexity index is 1520. The largest absolute Gasteiger partial charge is 0.330 e. The van der Waals surface area contributed by atoms with Crippen LogP contribution in [0.2, 0.25) is 0 Å². The lowest BCUT2D eigenvalue weighted by atomic mass is 9.87. The summed E-state index contributed by atoms with van der Waals surface area (Å²) in [4.78, 5) is 17.6. The number of benzene rings is 3. The van der Waals surface area contributed by atoms with E-state index in [1.165, 1.54) is 28.8 Å². The van der Waals surface area contributed by atoms with Gasteiger partial charge in [0.15, 0.2) is 0 Å². The van der Waals surface area contributed by atoms with Crippen LogP contribution in [0.1, 0.15) is 41.8 Å². The summed E-state index contributed by atoms with van der Waals surface area (Å²) in [7, 11) is 0. The highest BCUT2D eigenvalue weighted by Crippen LogP contribution is 2.30. The van der Waals surface area contributed by atoms with E-state index in [0.29, 0.717) is 25.2 Å². The van der Waals surface area contributed by atoms with E-state index in [2.05, 4.69) is 9.88 Å². The molecule has 0 radical (unpaired) electrons. The van der Waals surface area contributed by atoms with Gasteiger partial charge in [-0.25, -0.2) is 13.6 Å². The molecule has 0 atom stereocenters. The van der Waals surface area contributed by atoms with Crippen LogP contribution in [0.3, 0.4) is 0 Å². The number of H-pyrrole nitrogens is 1. The zero-order valence-electron chi connectivity index (χ0n) is 22.6. The Balaban J connectivity index is 1.30. The van der Waals surface area contributed by atoms with Crippen molar-refractivity contribution in [2.24, 2.45) is 0 Å². The van der Waals surface area contributed by atoms with Gasteiger partial charge in [-0.1, -0.05) is 42.4 Å². The molecule has 0 fully saturated rings. The molecular formula is C28H27F2N3O. The molecule has 0 unspecified atom stereocenters. The molecule has 0 saturated heterocycles. The molecule has 1 N–H and O–H groups in total. The molecule has 2 heterocycles. The van der Waals surface area contributed by atoms with Crippen molar-refractivity contribution in [1.29, 1.82) is 0 Å². The Morgan fingerprint density at radius 2 is 1.62 bits per heavy atom. The maximum absolute atomic E-state index is 13.5. The molecule has 5 rings (SSSR count). The third-order valence-corrected chi connectivity index (χ3v) is 6.39. The second-order valence-electron chi connectivity index (χ2n) is 8.53. The number of aromatic nitrogens is 2. The Hall–Kier alpha value is -3.51. The molecule has 0 saturated carbocycles. The Morgan fingerprint density at radius 3 is 2.24 bits per heavy atom. The first-order valence-electron chi connectivity index (χ1n) is 13.4. The summed E-state index contributed by atoms with van der Waals surface area (Å²) in [5.41, 5.74) is 2.45. The lowest BCUT2D eigenvalue weighted by molar-refractivity contribution is 0.291. The highest BCUT2D eigenvalue weighted by Gasteiger charge is 2.18. The molecule has 1 aliphatic heterocycles. The lowest BCUT2D eigenvalue weighted by Crippen LogP contribution is -2.32. The Morgan fingerprint density at radius 1 is 0.971 bits per heavy atom. The van der Waals surface area contributed by atoms with E-state index in [0.717, 1.165) is 30.5 Å². The lowest BCUT2D eigenvalue weighted by Gasteiger charge is -2.27. The van der Waals surface area contributed by atoms with Crippen molar-refractivity contribution in [3.8, 4) is 0 Å². The van der Waals surface area contributed by atoms with E-state index in [9.17, 15) is 13.6 Å². The third-order valence-electron chi connectivity index (χ3n) is 6.39. The van der Waals surface area contributed by atoms with Crippen molar-refractivity contribution >= 4 is 16.7 Å². The van der Waals surface area contributed by atoms with Gasteiger partial charge in [-0.05, 0) is 66.9 Å². The molecular weight excluding hydrogens is 432 g/mol. The van der Waals surface area contributed by atoms with Crippen LogP contribution in [-0.4, -0.2) is 34.1 Å². The average Bonchev–Trinajstić information content (AvgIpc) is 3.27. The smallest absolute Gasteiger partial charge is 0.305 e. The summed E-state index contributed by atoms with van der Waals surface area (Å²) in [6.45, 7) is 2.08. The second kappa shape index (κ2) is 9.77. The first-order valence-corrected chi connectivity index (χ1v) is 11.4. The van der Waals surface area contributed by atoms with Crippen LogP contribution < -0.4 is 5.69 Å². The maximum atomic E-state index is 13.5. The molecule has 1 aromatic heterocycles. The number of para-hydroxylation sites is 2. The van der Waals surface area contributed by atoms with Gasteiger partial charge in [-0.2, -0.15) is 0 Å². The van der Waals surface area contributed by atoms with Gasteiger partial charge >= 0.3 is 5.69 Å². The minimum absolute atomic E-state index is 0.00688. The van der Waals surface area contributed by atoms with E-state index >= 15 is 0 Å². The summed E-state index contributed by atoms with van der Waals surface area (Å²) in [5.74, 6) is -0.591. The van der Waals surface area contributed by atoms with Crippen molar-refractivity contribution in [2.75, 3.05) is 19.6 Å². The van der Waals surface area contributed by atoms with E-state index in [-0.39, 0.29) is 52.8 Å². The van der Waals surface area contributed by atoms with E-state index in [1.54, 1.807) is 24.3 Å². The fraction of sp³-hybridized carbons (Fsp3) is 0.250. The second-order valence-corrected chi connectivity index (χ2v) is 8.53. The standard InChI is InChI=1S/C28H27F2N3O/c29-22-11-7-20(8-12-22)25(21-9-13-23(30)14-10-21)4-3-17-32-18-15-24(16-19-32)33-27-6-2-1-5-26(27)31-28(33)34/h1-2,5-15,25H,3-4,16-19H2,(H,31,34)/i1D,2D,5D,6D. The van der Waals surface area contributed by atoms with Crippen LogP contribution in [0, 0.1) is 11.6 Å². The molecule has 4 nitrogen and oxygen atoms in total. The maximum Gasteiger partial charge on any atom is 0.330 e. The van der Waals surface area contributed by atoms with Crippen LogP contribution in [0.4, 0.5) is 8.78 Å². The van der Waals surface area contributed by atoms with E-state index in [1.807, 2.05) is 6.08 Å². The van der Waals surface area contributed by atoms with Gasteiger partial charge in [0.2, 0.25) is 0 Å². The predicted octanol–water partition coefficient (Wildman–Crippen LogP) is 5.77. The molecule has 0 amide bonds. The molecule has 1 aliphatic rings. The summed E-state index contributed by atoms with van der Waals surface area (Å²) < 4.78 is 60.6. The molecule has 4 aromatic rings. The quantitative estimate of drug-likeness (QED) is 0.378. The Kier molecular flexibility index (Phi) is 5.14.